The maximum Gasteiger partial charge on any atom is 0.146 e. The second kappa shape index (κ2) is 11.4. The molecule has 234 valence electrons. The maximum atomic E-state index is 6.87. The maximum absolute atomic E-state index is 6.87. The number of nitrogens with zero attached hydrogens (tertiary/aromatic N) is 3. The summed E-state index contributed by atoms with van der Waals surface area (Å²) in [6, 6.07) is 57.7. The van der Waals surface area contributed by atoms with E-state index >= 15 is 0 Å². The number of rotatable bonds is 2. The Morgan fingerprint density at radius 1 is 0.380 bits per heavy atom. The number of aromatic nitrogens is 3. The predicted molar refractivity (Wildman–Crippen MR) is 204 cm³/mol. The molecule has 3 aromatic heterocycles. The highest BCUT2D eigenvalue weighted by Gasteiger charge is 2.22. The van der Waals surface area contributed by atoms with Crippen molar-refractivity contribution in [3.05, 3.63) is 176 Å². The minimum absolute atomic E-state index is 0.815. The average molecular weight is 640 g/mol. The van der Waals surface area contributed by atoms with Crippen molar-refractivity contribution in [1.29, 1.82) is 0 Å². The topological polar surface area (TPSA) is 39.9 Å². The van der Waals surface area contributed by atoms with E-state index in [1.54, 1.807) is 0 Å². The molecule has 10 rings (SSSR count). The van der Waals surface area contributed by atoms with Crippen LogP contribution in [0.3, 0.4) is 0 Å². The smallest absolute Gasteiger partial charge is 0.146 e. The molecule has 0 spiro atoms. The van der Waals surface area contributed by atoms with E-state index < -0.39 is 0 Å². The first kappa shape index (κ1) is 28.3. The molecule has 4 heterocycles. The van der Waals surface area contributed by atoms with E-state index in [9.17, 15) is 0 Å². The quantitative estimate of drug-likeness (QED) is 0.189. The molecule has 0 N–H and O–H groups in total. The second-order valence-corrected chi connectivity index (χ2v) is 12.6. The zero-order valence-corrected chi connectivity index (χ0v) is 27.0. The minimum Gasteiger partial charge on any atom is -0.456 e. The number of pyridine rings is 2. The third kappa shape index (κ3) is 4.46. The van der Waals surface area contributed by atoms with Gasteiger partial charge in [0, 0.05) is 34.3 Å². The first-order valence-corrected chi connectivity index (χ1v) is 16.8. The van der Waals surface area contributed by atoms with Gasteiger partial charge in [0.15, 0.2) is 0 Å². The molecule has 0 amide bonds. The van der Waals surface area contributed by atoms with Gasteiger partial charge in [-0.1, -0.05) is 109 Å². The third-order valence-electron chi connectivity index (χ3n) is 9.77. The first-order valence-electron chi connectivity index (χ1n) is 16.8. The van der Waals surface area contributed by atoms with Crippen LogP contribution in [0.1, 0.15) is 0 Å². The lowest BCUT2D eigenvalue weighted by Crippen LogP contribution is -1.97. The molecule has 0 aliphatic carbocycles. The summed E-state index contributed by atoms with van der Waals surface area (Å²) >= 11 is 0. The Kier molecular flexibility index (Phi) is 6.46. The minimum atomic E-state index is 0.815. The van der Waals surface area contributed by atoms with Crippen molar-refractivity contribution in [2.24, 2.45) is 0 Å². The van der Waals surface area contributed by atoms with Crippen molar-refractivity contribution >= 4 is 21.9 Å². The van der Waals surface area contributed by atoms with E-state index in [0.29, 0.717) is 0 Å². The molecule has 0 atom stereocenters. The largest absolute Gasteiger partial charge is 0.456 e. The normalized spacial score (nSPS) is 11.8. The van der Waals surface area contributed by atoms with Crippen molar-refractivity contribution in [1.82, 2.24) is 14.5 Å². The summed E-state index contributed by atoms with van der Waals surface area (Å²) in [5, 5.41) is 2.23. The third-order valence-corrected chi connectivity index (χ3v) is 9.77. The second-order valence-electron chi connectivity index (χ2n) is 12.6. The Morgan fingerprint density at radius 2 is 0.920 bits per heavy atom. The molecule has 9 aromatic rings. The van der Waals surface area contributed by atoms with E-state index in [1.807, 2.05) is 48.8 Å². The molecule has 4 nitrogen and oxygen atoms in total. The van der Waals surface area contributed by atoms with E-state index in [2.05, 4.69) is 137 Å². The Bertz CT molecular complexity index is 2740. The SMILES string of the molecule is c1ccc(-n2c3ccc(-c4ccc5c(c4)-c4ccccc4Oc4ccccc4-c4ccccc4-c4ccccc4-5)cc3c3cccnc32)nc1. The van der Waals surface area contributed by atoms with Crippen LogP contribution in [0.5, 0.6) is 11.5 Å². The van der Waals surface area contributed by atoms with Crippen molar-refractivity contribution < 1.29 is 4.74 Å². The Morgan fingerprint density at radius 3 is 1.60 bits per heavy atom. The summed E-state index contributed by atoms with van der Waals surface area (Å²) < 4.78 is 9.01. The van der Waals surface area contributed by atoms with Gasteiger partial charge in [0.25, 0.3) is 0 Å². The highest BCUT2D eigenvalue weighted by Crippen LogP contribution is 2.48. The fourth-order valence-electron chi connectivity index (χ4n) is 7.51. The first-order chi connectivity index (χ1) is 24.8. The van der Waals surface area contributed by atoms with Gasteiger partial charge in [-0.25, -0.2) is 9.97 Å². The Balaban J connectivity index is 1.23. The van der Waals surface area contributed by atoms with E-state index in [0.717, 1.165) is 78.2 Å². The van der Waals surface area contributed by atoms with Crippen LogP contribution < -0.4 is 4.74 Å². The van der Waals surface area contributed by atoms with Crippen LogP contribution in [0.25, 0.3) is 83.4 Å². The van der Waals surface area contributed by atoms with Gasteiger partial charge in [-0.3, -0.25) is 4.57 Å². The van der Waals surface area contributed by atoms with Gasteiger partial charge in [0.1, 0.15) is 23.0 Å². The lowest BCUT2D eigenvalue weighted by molar-refractivity contribution is 0.486. The van der Waals surface area contributed by atoms with Crippen molar-refractivity contribution in [3.8, 4) is 73.0 Å². The molecule has 50 heavy (non-hydrogen) atoms. The van der Waals surface area contributed by atoms with Crippen LogP contribution in [0, 0.1) is 0 Å². The Hall–Kier alpha value is -6.78. The highest BCUT2D eigenvalue weighted by molar-refractivity contribution is 6.09. The standard InChI is InChI=1S/C46H29N3O/c1-2-14-34-32(12-1)33-13-3-4-15-35(33)37-16-5-7-19-43(37)50-44-20-8-6-17-38(44)40-28-30(22-24-36(34)40)31-23-25-42-41(29-31)39-18-11-27-48-46(39)49(42)45-21-9-10-26-47-45/h1-29H. The van der Waals surface area contributed by atoms with E-state index in [4.69, 9.17) is 9.72 Å². The van der Waals surface area contributed by atoms with E-state index in [1.165, 1.54) is 16.7 Å². The fraction of sp³-hybridized carbons (Fsp3) is 0. The zero-order valence-electron chi connectivity index (χ0n) is 27.0. The molecule has 0 bridgehead atoms. The number of hydrogen-bond acceptors (Lipinski definition) is 3. The predicted octanol–water partition coefficient (Wildman–Crippen LogP) is 12.0. The van der Waals surface area contributed by atoms with Gasteiger partial charge in [-0.05, 0) is 99.1 Å². The molecule has 0 saturated carbocycles. The monoisotopic (exact) mass is 639 g/mol. The molecule has 0 fully saturated rings. The number of hydrogen-bond donors (Lipinski definition) is 0. The lowest BCUT2D eigenvalue weighted by Gasteiger charge is -2.18. The van der Waals surface area contributed by atoms with Crippen LogP contribution >= 0.6 is 0 Å². The average Bonchev–Trinajstić information content (AvgIpc) is 3.51. The van der Waals surface area contributed by atoms with Crippen LogP contribution in [-0.2, 0) is 0 Å². The summed E-state index contributed by atoms with van der Waals surface area (Å²) in [6.07, 6.45) is 3.67. The molecule has 1 aliphatic heterocycles. The molecule has 1 aliphatic rings. The molecular formula is C46H29N3O. The molecular weight excluding hydrogens is 611 g/mol. The molecule has 4 heteroatoms. The summed E-state index contributed by atoms with van der Waals surface area (Å²) in [4.78, 5) is 9.45. The van der Waals surface area contributed by atoms with Gasteiger partial charge in [0.05, 0.1) is 5.52 Å². The van der Waals surface area contributed by atoms with Gasteiger partial charge in [0.2, 0.25) is 0 Å². The van der Waals surface area contributed by atoms with Crippen molar-refractivity contribution in [2.75, 3.05) is 0 Å². The summed E-state index contributed by atoms with van der Waals surface area (Å²) in [7, 11) is 0. The zero-order chi connectivity index (χ0) is 33.0. The van der Waals surface area contributed by atoms with Crippen LogP contribution in [0.2, 0.25) is 0 Å². The van der Waals surface area contributed by atoms with Gasteiger partial charge < -0.3 is 4.74 Å². The van der Waals surface area contributed by atoms with Crippen LogP contribution in [-0.4, -0.2) is 14.5 Å². The number of fused-ring (bicyclic) bond motifs is 12. The van der Waals surface area contributed by atoms with Crippen molar-refractivity contribution in [3.63, 3.8) is 0 Å². The fourth-order valence-corrected chi connectivity index (χ4v) is 7.51. The summed E-state index contributed by atoms with van der Waals surface area (Å²) in [5.41, 5.74) is 13.2. The van der Waals surface area contributed by atoms with Crippen LogP contribution in [0.4, 0.5) is 0 Å². The number of benzene rings is 6. The Labute approximate surface area is 289 Å². The summed E-state index contributed by atoms with van der Waals surface area (Å²) in [5.74, 6) is 2.49. The van der Waals surface area contributed by atoms with Crippen LogP contribution in [0.15, 0.2) is 176 Å². The van der Waals surface area contributed by atoms with E-state index in [-0.39, 0.29) is 0 Å². The molecule has 0 unspecified atom stereocenters. The number of ether oxygens (including phenoxy) is 1. The van der Waals surface area contributed by atoms with Crippen molar-refractivity contribution in [2.45, 2.75) is 0 Å². The molecule has 0 radical (unpaired) electrons. The summed E-state index contributed by atoms with van der Waals surface area (Å²) in [6.45, 7) is 0. The molecule has 6 aromatic carbocycles. The number of para-hydroxylation sites is 2. The van der Waals surface area contributed by atoms with Gasteiger partial charge in [-0.15, -0.1) is 0 Å². The van der Waals surface area contributed by atoms with Gasteiger partial charge >= 0.3 is 0 Å². The highest BCUT2D eigenvalue weighted by atomic mass is 16.5. The molecule has 0 saturated heterocycles. The van der Waals surface area contributed by atoms with Gasteiger partial charge in [-0.2, -0.15) is 0 Å². The lowest BCUT2D eigenvalue weighted by atomic mass is 9.85.